The third-order valence-electron chi connectivity index (χ3n) is 3.16. The van der Waals surface area contributed by atoms with Gasteiger partial charge in [0, 0.05) is 13.1 Å². The molecule has 0 radical (unpaired) electrons. The quantitative estimate of drug-likeness (QED) is 0.736. The Bertz CT molecular complexity index is 378. The number of nitrogens with zero attached hydrogens (tertiary/aromatic N) is 3. The third-order valence-corrected chi connectivity index (χ3v) is 3.52. The Morgan fingerprint density at radius 2 is 2.00 bits per heavy atom. The Balaban J connectivity index is 2.33. The van der Waals surface area contributed by atoms with Crippen LogP contribution in [-0.4, -0.2) is 23.3 Å². The summed E-state index contributed by atoms with van der Waals surface area (Å²) in [5, 5.41) is 8.70. The van der Waals surface area contributed by atoms with Crippen molar-refractivity contribution >= 4 is 17.4 Å². The second-order valence-corrected chi connectivity index (χ2v) is 4.76. The first-order valence-electron chi connectivity index (χ1n) is 5.34. The Morgan fingerprint density at radius 1 is 1.27 bits per heavy atom. The Kier molecular flexibility index (Phi) is 2.83. The zero-order valence-electron chi connectivity index (χ0n) is 9.42. The molecule has 1 unspecified atom stereocenters. The van der Waals surface area contributed by atoms with Crippen molar-refractivity contribution in [3.8, 4) is 0 Å². The van der Waals surface area contributed by atoms with Crippen LogP contribution in [0.25, 0.3) is 0 Å². The van der Waals surface area contributed by atoms with Gasteiger partial charge in [0.2, 0.25) is 0 Å². The molecule has 3 nitrogen and oxygen atoms in total. The van der Waals surface area contributed by atoms with Gasteiger partial charge in [-0.25, -0.2) is 0 Å². The minimum atomic E-state index is 0.517. The van der Waals surface area contributed by atoms with Crippen molar-refractivity contribution < 1.29 is 0 Å². The van der Waals surface area contributed by atoms with Gasteiger partial charge in [0.1, 0.15) is 0 Å². The van der Waals surface area contributed by atoms with Crippen LogP contribution < -0.4 is 4.90 Å². The second kappa shape index (κ2) is 3.97. The largest absolute Gasteiger partial charge is 0.355 e. The summed E-state index contributed by atoms with van der Waals surface area (Å²) in [6.07, 6.45) is 1.24. The van der Waals surface area contributed by atoms with Gasteiger partial charge in [0.15, 0.2) is 11.0 Å². The normalized spacial score (nSPS) is 21.1. The van der Waals surface area contributed by atoms with Crippen LogP contribution in [0.2, 0.25) is 5.15 Å². The lowest BCUT2D eigenvalue weighted by molar-refractivity contribution is 0.658. The van der Waals surface area contributed by atoms with E-state index >= 15 is 0 Å². The zero-order valence-corrected chi connectivity index (χ0v) is 10.2. The lowest BCUT2D eigenvalue weighted by Crippen LogP contribution is -2.22. The Labute approximate surface area is 95.5 Å². The van der Waals surface area contributed by atoms with Gasteiger partial charge >= 0.3 is 0 Å². The summed E-state index contributed by atoms with van der Waals surface area (Å²) >= 11 is 5.93. The van der Waals surface area contributed by atoms with Crippen molar-refractivity contribution in [2.24, 2.45) is 5.92 Å². The van der Waals surface area contributed by atoms with Gasteiger partial charge in [0.25, 0.3) is 0 Å². The topological polar surface area (TPSA) is 29.0 Å². The van der Waals surface area contributed by atoms with Crippen LogP contribution in [-0.2, 0) is 0 Å². The van der Waals surface area contributed by atoms with Gasteiger partial charge < -0.3 is 4.90 Å². The van der Waals surface area contributed by atoms with Crippen LogP contribution in [0.15, 0.2) is 0 Å². The summed E-state index contributed by atoms with van der Waals surface area (Å²) in [6.45, 7) is 8.49. The molecule has 0 N–H and O–H groups in total. The molecule has 0 aromatic carbocycles. The molecule has 1 aliphatic rings. The maximum atomic E-state index is 5.93. The van der Waals surface area contributed by atoms with Gasteiger partial charge in [-0.3, -0.25) is 0 Å². The highest BCUT2D eigenvalue weighted by atomic mass is 35.5. The highest BCUT2D eigenvalue weighted by Crippen LogP contribution is 2.27. The SMILES string of the molecule is Cc1c(Cl)nnc(N2CCC(C)C2)c1C. The molecule has 0 spiro atoms. The van der Waals surface area contributed by atoms with Gasteiger partial charge in [-0.2, -0.15) is 0 Å². The van der Waals surface area contributed by atoms with E-state index < -0.39 is 0 Å². The summed E-state index contributed by atoms with van der Waals surface area (Å²) < 4.78 is 0. The molecular formula is C11H16ClN3. The van der Waals surface area contributed by atoms with E-state index in [1.54, 1.807) is 0 Å². The molecule has 1 fully saturated rings. The van der Waals surface area contributed by atoms with Crippen molar-refractivity contribution in [1.29, 1.82) is 0 Å². The summed E-state index contributed by atoms with van der Waals surface area (Å²) in [7, 11) is 0. The van der Waals surface area contributed by atoms with Gasteiger partial charge in [-0.1, -0.05) is 18.5 Å². The van der Waals surface area contributed by atoms with Crippen LogP contribution in [0.3, 0.4) is 0 Å². The van der Waals surface area contributed by atoms with Crippen molar-refractivity contribution in [3.05, 3.63) is 16.3 Å². The highest BCUT2D eigenvalue weighted by Gasteiger charge is 2.22. The maximum Gasteiger partial charge on any atom is 0.155 e. The Morgan fingerprint density at radius 3 is 2.60 bits per heavy atom. The van der Waals surface area contributed by atoms with Crippen molar-refractivity contribution in [1.82, 2.24) is 10.2 Å². The van der Waals surface area contributed by atoms with E-state index in [9.17, 15) is 0 Å². The van der Waals surface area contributed by atoms with Crippen LogP contribution in [0.4, 0.5) is 5.82 Å². The van der Waals surface area contributed by atoms with E-state index in [1.807, 2.05) is 6.92 Å². The smallest absolute Gasteiger partial charge is 0.155 e. The minimum absolute atomic E-state index is 0.517. The molecule has 1 atom stereocenters. The molecule has 15 heavy (non-hydrogen) atoms. The first-order valence-corrected chi connectivity index (χ1v) is 5.71. The van der Waals surface area contributed by atoms with Crippen LogP contribution in [0.5, 0.6) is 0 Å². The molecular weight excluding hydrogens is 210 g/mol. The van der Waals surface area contributed by atoms with E-state index in [-0.39, 0.29) is 0 Å². The molecule has 0 saturated carbocycles. The summed E-state index contributed by atoms with van der Waals surface area (Å²) in [4.78, 5) is 2.30. The number of hydrogen-bond acceptors (Lipinski definition) is 3. The fourth-order valence-corrected chi connectivity index (χ4v) is 2.17. The molecule has 2 heterocycles. The minimum Gasteiger partial charge on any atom is -0.355 e. The fourth-order valence-electron chi connectivity index (χ4n) is 1.99. The molecule has 0 bridgehead atoms. The van der Waals surface area contributed by atoms with Crippen LogP contribution in [0.1, 0.15) is 24.5 Å². The van der Waals surface area contributed by atoms with Gasteiger partial charge in [0.05, 0.1) is 0 Å². The molecule has 1 aromatic heterocycles. The van der Waals surface area contributed by atoms with Crippen LogP contribution >= 0.6 is 11.6 Å². The van der Waals surface area contributed by atoms with Crippen molar-refractivity contribution in [3.63, 3.8) is 0 Å². The van der Waals surface area contributed by atoms with E-state index in [1.165, 1.54) is 6.42 Å². The second-order valence-electron chi connectivity index (χ2n) is 4.40. The lowest BCUT2D eigenvalue weighted by Gasteiger charge is -2.19. The Hall–Kier alpha value is -0.830. The first kappa shape index (κ1) is 10.7. The molecule has 1 saturated heterocycles. The number of anilines is 1. The van der Waals surface area contributed by atoms with E-state index in [0.717, 1.165) is 36.0 Å². The molecule has 82 valence electrons. The highest BCUT2D eigenvalue weighted by molar-refractivity contribution is 6.30. The number of rotatable bonds is 1. The summed E-state index contributed by atoms with van der Waals surface area (Å²) in [5.74, 6) is 1.75. The third kappa shape index (κ3) is 1.93. The summed E-state index contributed by atoms with van der Waals surface area (Å²) in [5.41, 5.74) is 2.20. The molecule has 4 heteroatoms. The monoisotopic (exact) mass is 225 g/mol. The molecule has 1 aromatic rings. The lowest BCUT2D eigenvalue weighted by atomic mass is 10.2. The standard InChI is InChI=1S/C11H16ClN3/c1-7-4-5-15(6-7)11-9(3)8(2)10(12)13-14-11/h7H,4-6H2,1-3H3. The first-order chi connectivity index (χ1) is 7.09. The maximum absolute atomic E-state index is 5.93. The van der Waals surface area contributed by atoms with Gasteiger partial charge in [-0.15, -0.1) is 10.2 Å². The van der Waals surface area contributed by atoms with Crippen molar-refractivity contribution in [2.45, 2.75) is 27.2 Å². The van der Waals surface area contributed by atoms with Gasteiger partial charge in [-0.05, 0) is 37.3 Å². The van der Waals surface area contributed by atoms with E-state index in [0.29, 0.717) is 5.15 Å². The molecule has 2 rings (SSSR count). The van der Waals surface area contributed by atoms with E-state index in [4.69, 9.17) is 11.6 Å². The fraction of sp³-hybridized carbons (Fsp3) is 0.636. The average molecular weight is 226 g/mol. The molecule has 1 aliphatic heterocycles. The number of halogens is 1. The predicted molar refractivity (Wildman–Crippen MR) is 62.5 cm³/mol. The average Bonchev–Trinajstić information content (AvgIpc) is 2.61. The van der Waals surface area contributed by atoms with Crippen LogP contribution in [0, 0.1) is 19.8 Å². The van der Waals surface area contributed by atoms with Crippen molar-refractivity contribution in [2.75, 3.05) is 18.0 Å². The molecule has 0 amide bonds. The van der Waals surface area contributed by atoms with E-state index in [2.05, 4.69) is 28.9 Å². The predicted octanol–water partition coefficient (Wildman–Crippen LogP) is 2.59. The molecule has 0 aliphatic carbocycles. The number of hydrogen-bond donors (Lipinski definition) is 0. The number of aromatic nitrogens is 2. The summed E-state index contributed by atoms with van der Waals surface area (Å²) in [6, 6.07) is 0. The zero-order chi connectivity index (χ0) is 11.0.